The second-order valence-corrected chi connectivity index (χ2v) is 5.20. The fourth-order valence-electron chi connectivity index (χ4n) is 1.62. The molecule has 1 rings (SSSR count). The zero-order valence-electron chi connectivity index (χ0n) is 10.6. The molecular formula is C12H17F3N2OS. The highest BCUT2D eigenvalue weighted by molar-refractivity contribution is 7.10. The second kappa shape index (κ2) is 6.91. The van der Waals surface area contributed by atoms with Gasteiger partial charge in [0.05, 0.1) is 0 Å². The normalized spacial score (nSPS) is 13.3. The molecule has 0 aromatic carbocycles. The van der Waals surface area contributed by atoms with E-state index >= 15 is 0 Å². The van der Waals surface area contributed by atoms with Crippen molar-refractivity contribution in [3.05, 3.63) is 22.4 Å². The average Bonchev–Trinajstić information content (AvgIpc) is 2.85. The van der Waals surface area contributed by atoms with Gasteiger partial charge in [-0.3, -0.25) is 4.79 Å². The largest absolute Gasteiger partial charge is 0.406 e. The van der Waals surface area contributed by atoms with E-state index in [2.05, 4.69) is 0 Å². The molecule has 1 heterocycles. The Bertz CT molecular complexity index is 392. The molecule has 0 fully saturated rings. The Kier molecular flexibility index (Phi) is 5.81. The van der Waals surface area contributed by atoms with Crippen LogP contribution in [0, 0.1) is 0 Å². The monoisotopic (exact) mass is 294 g/mol. The summed E-state index contributed by atoms with van der Waals surface area (Å²) >= 11 is 1.26. The summed E-state index contributed by atoms with van der Waals surface area (Å²) in [7, 11) is 0. The van der Waals surface area contributed by atoms with Gasteiger partial charge in [-0.05, 0) is 17.9 Å². The van der Waals surface area contributed by atoms with Crippen LogP contribution in [-0.4, -0.2) is 30.1 Å². The van der Waals surface area contributed by atoms with Crippen molar-refractivity contribution in [1.82, 2.24) is 4.90 Å². The lowest BCUT2D eigenvalue weighted by Crippen LogP contribution is -2.43. The van der Waals surface area contributed by atoms with Crippen LogP contribution in [0.5, 0.6) is 0 Å². The maximum Gasteiger partial charge on any atom is 0.406 e. The maximum absolute atomic E-state index is 12.5. The van der Waals surface area contributed by atoms with E-state index in [1.54, 1.807) is 17.5 Å². The molecule has 3 nitrogen and oxygen atoms in total. The number of alkyl halides is 3. The minimum Gasteiger partial charge on any atom is -0.332 e. The summed E-state index contributed by atoms with van der Waals surface area (Å²) in [5.41, 5.74) is 5.73. The lowest BCUT2D eigenvalue weighted by molar-refractivity contribution is -0.162. The fraction of sp³-hybridized carbons (Fsp3) is 0.583. The van der Waals surface area contributed by atoms with E-state index in [-0.39, 0.29) is 6.54 Å². The lowest BCUT2D eigenvalue weighted by atomic mass is 10.2. The highest BCUT2D eigenvalue weighted by atomic mass is 32.1. The number of amides is 1. The van der Waals surface area contributed by atoms with Crippen LogP contribution in [0.15, 0.2) is 17.5 Å². The van der Waals surface area contributed by atoms with Crippen LogP contribution in [0.25, 0.3) is 0 Å². The first kappa shape index (κ1) is 16.0. The molecule has 2 N–H and O–H groups in total. The minimum atomic E-state index is -4.40. The minimum absolute atomic E-state index is 0.0773. The molecule has 0 aliphatic carbocycles. The van der Waals surface area contributed by atoms with Gasteiger partial charge in [0.2, 0.25) is 5.91 Å². The van der Waals surface area contributed by atoms with Crippen molar-refractivity contribution in [2.75, 3.05) is 13.1 Å². The van der Waals surface area contributed by atoms with Crippen molar-refractivity contribution in [1.29, 1.82) is 0 Å². The Morgan fingerprint density at radius 3 is 2.68 bits per heavy atom. The third-order valence-corrected chi connectivity index (χ3v) is 3.53. The number of nitrogens with two attached hydrogens (primary N) is 1. The van der Waals surface area contributed by atoms with Crippen LogP contribution in [0.4, 0.5) is 13.2 Å². The second-order valence-electron chi connectivity index (χ2n) is 4.22. The molecular weight excluding hydrogens is 277 g/mol. The molecule has 1 aromatic heterocycles. The van der Waals surface area contributed by atoms with Gasteiger partial charge in [0.15, 0.2) is 0 Å². The van der Waals surface area contributed by atoms with Crippen molar-refractivity contribution >= 4 is 17.2 Å². The van der Waals surface area contributed by atoms with Crippen LogP contribution < -0.4 is 5.73 Å². The van der Waals surface area contributed by atoms with Gasteiger partial charge >= 0.3 is 6.18 Å². The van der Waals surface area contributed by atoms with Crippen LogP contribution in [0.2, 0.25) is 0 Å². The third-order valence-electron chi connectivity index (χ3n) is 2.58. The van der Waals surface area contributed by atoms with Gasteiger partial charge in [0.1, 0.15) is 12.6 Å². The van der Waals surface area contributed by atoms with Crippen molar-refractivity contribution in [2.45, 2.75) is 32.0 Å². The van der Waals surface area contributed by atoms with Gasteiger partial charge in [0.25, 0.3) is 0 Å². The molecule has 0 radical (unpaired) electrons. The summed E-state index contributed by atoms with van der Waals surface area (Å²) in [6, 6.07) is 2.35. The number of thiophene rings is 1. The lowest BCUT2D eigenvalue weighted by Gasteiger charge is -2.26. The Labute approximate surface area is 114 Å². The molecule has 1 aromatic rings. The summed E-state index contributed by atoms with van der Waals surface area (Å²) in [4.78, 5) is 13.4. The van der Waals surface area contributed by atoms with E-state index in [1.165, 1.54) is 11.3 Å². The Balaban J connectivity index is 2.75. The molecule has 0 saturated heterocycles. The van der Waals surface area contributed by atoms with E-state index in [0.29, 0.717) is 11.3 Å². The first-order valence-corrected chi connectivity index (χ1v) is 6.87. The number of carbonyl (C=O) groups excluding carboxylic acids is 1. The number of nitrogens with zero attached hydrogens (tertiary/aromatic N) is 1. The first-order valence-electron chi connectivity index (χ1n) is 5.99. The molecule has 108 valence electrons. The summed E-state index contributed by atoms with van der Waals surface area (Å²) in [6.45, 7) is 0.689. The Morgan fingerprint density at radius 1 is 1.53 bits per heavy atom. The van der Waals surface area contributed by atoms with E-state index < -0.39 is 24.7 Å². The van der Waals surface area contributed by atoms with Crippen molar-refractivity contribution in [3.8, 4) is 0 Å². The highest BCUT2D eigenvalue weighted by Gasteiger charge is 2.34. The number of halogens is 3. The highest BCUT2D eigenvalue weighted by Crippen LogP contribution is 2.22. The molecule has 7 heteroatoms. The molecule has 1 amide bonds. The number of hydrogen-bond acceptors (Lipinski definition) is 3. The number of unbranched alkanes of at least 4 members (excludes halogenated alkanes) is 1. The van der Waals surface area contributed by atoms with Gasteiger partial charge < -0.3 is 10.6 Å². The van der Waals surface area contributed by atoms with Gasteiger partial charge in [-0.15, -0.1) is 11.3 Å². The maximum atomic E-state index is 12.5. The van der Waals surface area contributed by atoms with Crippen LogP contribution in [-0.2, 0) is 4.79 Å². The molecule has 1 unspecified atom stereocenters. The number of rotatable bonds is 6. The third kappa shape index (κ3) is 5.20. The molecule has 0 aliphatic rings. The molecule has 1 atom stereocenters. The summed E-state index contributed by atoms with van der Waals surface area (Å²) in [5, 5.41) is 1.74. The first-order chi connectivity index (χ1) is 8.85. The van der Waals surface area contributed by atoms with E-state index in [9.17, 15) is 18.0 Å². The van der Waals surface area contributed by atoms with Crippen LogP contribution in [0.1, 0.15) is 30.7 Å². The zero-order valence-corrected chi connectivity index (χ0v) is 11.4. The van der Waals surface area contributed by atoms with Crippen molar-refractivity contribution < 1.29 is 18.0 Å². The predicted molar refractivity (Wildman–Crippen MR) is 68.8 cm³/mol. The SMILES string of the molecule is CCCCN(CC(F)(F)F)C(=O)C(N)c1cccs1. The predicted octanol–water partition coefficient (Wildman–Crippen LogP) is 2.94. The summed E-state index contributed by atoms with van der Waals surface area (Å²) < 4.78 is 37.4. The van der Waals surface area contributed by atoms with E-state index in [4.69, 9.17) is 5.73 Å². The summed E-state index contributed by atoms with van der Waals surface area (Å²) in [6.07, 6.45) is -3.16. The standard InChI is InChI=1S/C12H17F3N2OS/c1-2-3-6-17(8-12(13,14)15)11(18)10(16)9-5-4-7-19-9/h4-5,7,10H,2-3,6,8,16H2,1H3. The number of carbonyl (C=O) groups is 1. The van der Waals surface area contributed by atoms with Gasteiger partial charge in [-0.2, -0.15) is 13.2 Å². The molecule has 0 bridgehead atoms. The quantitative estimate of drug-likeness (QED) is 0.877. The van der Waals surface area contributed by atoms with Crippen LogP contribution in [0.3, 0.4) is 0 Å². The Morgan fingerprint density at radius 2 is 2.21 bits per heavy atom. The number of hydrogen-bond donors (Lipinski definition) is 1. The average molecular weight is 294 g/mol. The smallest absolute Gasteiger partial charge is 0.332 e. The zero-order chi connectivity index (χ0) is 14.5. The molecule has 0 aliphatic heterocycles. The van der Waals surface area contributed by atoms with Gasteiger partial charge in [-0.1, -0.05) is 19.4 Å². The van der Waals surface area contributed by atoms with Gasteiger partial charge in [0, 0.05) is 11.4 Å². The van der Waals surface area contributed by atoms with Crippen LogP contribution >= 0.6 is 11.3 Å². The van der Waals surface area contributed by atoms with Gasteiger partial charge in [-0.25, -0.2) is 0 Å². The molecule has 0 saturated carbocycles. The topological polar surface area (TPSA) is 46.3 Å². The van der Waals surface area contributed by atoms with Crippen molar-refractivity contribution in [2.24, 2.45) is 5.73 Å². The Hall–Kier alpha value is -1.08. The van der Waals surface area contributed by atoms with E-state index in [1.807, 2.05) is 6.92 Å². The van der Waals surface area contributed by atoms with E-state index in [0.717, 1.165) is 11.3 Å². The summed E-state index contributed by atoms with van der Waals surface area (Å²) in [5.74, 6) is -0.673. The van der Waals surface area contributed by atoms with Crippen molar-refractivity contribution in [3.63, 3.8) is 0 Å². The molecule has 0 spiro atoms. The fourth-order valence-corrected chi connectivity index (χ4v) is 2.34. The molecule has 19 heavy (non-hydrogen) atoms.